The summed E-state index contributed by atoms with van der Waals surface area (Å²) in [5.74, 6) is 0. The number of hydrogen-bond acceptors (Lipinski definition) is 4. The number of aromatic nitrogens is 2. The summed E-state index contributed by atoms with van der Waals surface area (Å²) in [7, 11) is 0. The van der Waals surface area contributed by atoms with Crippen molar-refractivity contribution in [3.63, 3.8) is 0 Å². The summed E-state index contributed by atoms with van der Waals surface area (Å²) in [6.45, 7) is 0.00252. The van der Waals surface area contributed by atoms with Crippen LogP contribution in [0.3, 0.4) is 0 Å². The largest absolute Gasteiger partial charge is 0.381 e. The summed E-state index contributed by atoms with van der Waals surface area (Å²) in [5, 5.41) is 15.4. The van der Waals surface area contributed by atoms with E-state index in [-0.39, 0.29) is 12.1 Å². The molecule has 5 nitrogen and oxygen atoms in total. The number of anilines is 1. The van der Waals surface area contributed by atoms with Crippen LogP contribution in [0.25, 0.3) is 0 Å². The molecule has 0 aromatic carbocycles. The third-order valence-corrected chi connectivity index (χ3v) is 2.04. The van der Waals surface area contributed by atoms with Gasteiger partial charge >= 0.3 is 0 Å². The van der Waals surface area contributed by atoms with Gasteiger partial charge in [0.2, 0.25) is 0 Å². The Labute approximate surface area is 81.0 Å². The third kappa shape index (κ3) is 1.91. The second-order valence-corrected chi connectivity index (χ2v) is 3.32. The maximum atomic E-state index is 11.3. The van der Waals surface area contributed by atoms with E-state index in [9.17, 15) is 4.79 Å². The highest BCUT2D eigenvalue weighted by Gasteiger charge is 2.20. The van der Waals surface area contributed by atoms with E-state index in [0.717, 1.165) is 23.2 Å². The Balaban J connectivity index is 2.17. The Hall–Kier alpha value is -1.83. The average molecular weight is 190 g/mol. The molecular weight excluding hydrogens is 180 g/mol. The van der Waals surface area contributed by atoms with Crippen molar-refractivity contribution in [2.45, 2.75) is 25.4 Å². The second-order valence-electron chi connectivity index (χ2n) is 3.32. The lowest BCUT2D eigenvalue weighted by molar-refractivity contribution is 0.659. The molecule has 0 aliphatic heterocycles. The molecule has 0 amide bonds. The number of nitriles is 1. The smallest absolute Gasteiger partial charge is 0.269 e. The monoisotopic (exact) mass is 190 g/mol. The van der Waals surface area contributed by atoms with E-state index in [2.05, 4.69) is 10.4 Å². The van der Waals surface area contributed by atoms with Crippen LogP contribution in [0.2, 0.25) is 0 Å². The van der Waals surface area contributed by atoms with Gasteiger partial charge in [0, 0.05) is 12.1 Å². The van der Waals surface area contributed by atoms with Gasteiger partial charge in [-0.15, -0.1) is 0 Å². The lowest BCUT2D eigenvalue weighted by Crippen LogP contribution is -2.22. The van der Waals surface area contributed by atoms with E-state index in [1.807, 2.05) is 6.07 Å². The zero-order valence-corrected chi connectivity index (χ0v) is 7.60. The van der Waals surface area contributed by atoms with Crippen molar-refractivity contribution in [1.82, 2.24) is 9.78 Å². The van der Waals surface area contributed by atoms with Crippen LogP contribution in [0.4, 0.5) is 5.69 Å². The summed E-state index contributed by atoms with van der Waals surface area (Å²) in [6, 6.07) is 3.86. The SMILES string of the molecule is N#CCn1ncc(NC2CC2)cc1=O. The Bertz CT molecular complexity index is 427. The molecule has 1 aliphatic rings. The summed E-state index contributed by atoms with van der Waals surface area (Å²) in [6.07, 6.45) is 3.89. The fraction of sp³-hybridized carbons (Fsp3) is 0.444. The second kappa shape index (κ2) is 3.50. The maximum Gasteiger partial charge on any atom is 0.269 e. The molecule has 1 fully saturated rings. The van der Waals surface area contributed by atoms with Crippen molar-refractivity contribution in [2.24, 2.45) is 0 Å². The van der Waals surface area contributed by atoms with Crippen LogP contribution in [0, 0.1) is 11.3 Å². The van der Waals surface area contributed by atoms with Crippen molar-refractivity contribution < 1.29 is 0 Å². The normalized spacial score (nSPS) is 14.8. The predicted octanol–water partition coefficient (Wildman–Crippen LogP) is 0.341. The molecule has 1 saturated carbocycles. The molecule has 0 atom stereocenters. The molecule has 2 rings (SSSR count). The summed E-state index contributed by atoms with van der Waals surface area (Å²) < 4.78 is 1.14. The van der Waals surface area contributed by atoms with Crippen molar-refractivity contribution in [3.8, 4) is 6.07 Å². The van der Waals surface area contributed by atoms with Gasteiger partial charge in [-0.3, -0.25) is 4.79 Å². The lowest BCUT2D eigenvalue weighted by Gasteiger charge is -2.03. The molecule has 0 saturated heterocycles. The topological polar surface area (TPSA) is 70.7 Å². The van der Waals surface area contributed by atoms with Gasteiger partial charge in [-0.2, -0.15) is 10.4 Å². The summed E-state index contributed by atoms with van der Waals surface area (Å²) >= 11 is 0. The molecule has 1 N–H and O–H groups in total. The van der Waals surface area contributed by atoms with Gasteiger partial charge in [-0.05, 0) is 12.8 Å². The molecule has 1 aromatic rings. The number of rotatable bonds is 3. The molecule has 0 radical (unpaired) electrons. The van der Waals surface area contributed by atoms with E-state index in [1.165, 1.54) is 6.07 Å². The van der Waals surface area contributed by atoms with Crippen molar-refractivity contribution in [1.29, 1.82) is 5.26 Å². The predicted molar refractivity (Wildman–Crippen MR) is 50.8 cm³/mol. The molecule has 1 heterocycles. The molecule has 0 unspecified atom stereocenters. The van der Waals surface area contributed by atoms with Crippen LogP contribution in [0.5, 0.6) is 0 Å². The van der Waals surface area contributed by atoms with Crippen LogP contribution in [-0.2, 0) is 6.54 Å². The van der Waals surface area contributed by atoms with Gasteiger partial charge in [0.05, 0.1) is 18.0 Å². The highest BCUT2D eigenvalue weighted by molar-refractivity contribution is 5.41. The van der Waals surface area contributed by atoms with Gasteiger partial charge in [0.15, 0.2) is 0 Å². The van der Waals surface area contributed by atoms with Crippen LogP contribution in [0.15, 0.2) is 17.1 Å². The highest BCUT2D eigenvalue weighted by atomic mass is 16.1. The van der Waals surface area contributed by atoms with E-state index < -0.39 is 0 Å². The van der Waals surface area contributed by atoms with Crippen molar-refractivity contribution in [2.75, 3.05) is 5.32 Å². The fourth-order valence-electron chi connectivity index (χ4n) is 1.16. The van der Waals surface area contributed by atoms with Crippen LogP contribution >= 0.6 is 0 Å². The quantitative estimate of drug-likeness (QED) is 0.746. The first-order chi connectivity index (χ1) is 6.79. The van der Waals surface area contributed by atoms with E-state index in [4.69, 9.17) is 5.26 Å². The van der Waals surface area contributed by atoms with Crippen molar-refractivity contribution >= 4 is 5.69 Å². The Morgan fingerprint density at radius 1 is 1.71 bits per heavy atom. The standard InChI is InChI=1S/C9H10N4O/c10-3-4-13-9(14)5-8(6-11-13)12-7-1-2-7/h5-7,12H,1-2,4H2. The molecule has 1 aromatic heterocycles. The first-order valence-corrected chi connectivity index (χ1v) is 4.50. The van der Waals surface area contributed by atoms with Crippen LogP contribution in [-0.4, -0.2) is 15.8 Å². The molecule has 0 spiro atoms. The van der Waals surface area contributed by atoms with E-state index in [0.29, 0.717) is 6.04 Å². The Morgan fingerprint density at radius 3 is 3.07 bits per heavy atom. The zero-order valence-electron chi connectivity index (χ0n) is 7.60. The molecule has 0 bridgehead atoms. The Kier molecular flexibility index (Phi) is 2.19. The minimum atomic E-state index is -0.239. The summed E-state index contributed by atoms with van der Waals surface area (Å²) in [4.78, 5) is 11.3. The first-order valence-electron chi connectivity index (χ1n) is 4.50. The molecule has 1 aliphatic carbocycles. The molecule has 72 valence electrons. The Morgan fingerprint density at radius 2 is 2.50 bits per heavy atom. The molecule has 5 heteroatoms. The highest BCUT2D eigenvalue weighted by Crippen LogP contribution is 2.23. The van der Waals surface area contributed by atoms with Gasteiger partial charge in [-0.25, -0.2) is 4.68 Å². The number of nitrogens with zero attached hydrogens (tertiary/aromatic N) is 3. The van der Waals surface area contributed by atoms with E-state index in [1.54, 1.807) is 6.20 Å². The molecule has 14 heavy (non-hydrogen) atoms. The maximum absolute atomic E-state index is 11.3. The van der Waals surface area contributed by atoms with Gasteiger partial charge in [-0.1, -0.05) is 0 Å². The number of nitrogens with one attached hydrogen (secondary N) is 1. The zero-order chi connectivity index (χ0) is 9.97. The van der Waals surface area contributed by atoms with Crippen LogP contribution < -0.4 is 10.9 Å². The van der Waals surface area contributed by atoms with Crippen LogP contribution in [0.1, 0.15) is 12.8 Å². The number of hydrogen-bond donors (Lipinski definition) is 1. The third-order valence-electron chi connectivity index (χ3n) is 2.04. The first kappa shape index (κ1) is 8.75. The molecular formula is C9H10N4O. The van der Waals surface area contributed by atoms with Gasteiger partial charge in [0.1, 0.15) is 6.54 Å². The fourth-order valence-corrected chi connectivity index (χ4v) is 1.16. The average Bonchev–Trinajstić information content (AvgIpc) is 2.94. The summed E-state index contributed by atoms with van der Waals surface area (Å²) in [5.41, 5.74) is 0.504. The minimum absolute atomic E-state index is 0.00252. The lowest BCUT2D eigenvalue weighted by atomic mass is 10.4. The van der Waals surface area contributed by atoms with E-state index >= 15 is 0 Å². The minimum Gasteiger partial charge on any atom is -0.381 e. The van der Waals surface area contributed by atoms with Crippen molar-refractivity contribution in [3.05, 3.63) is 22.6 Å². The van der Waals surface area contributed by atoms with Gasteiger partial charge < -0.3 is 5.32 Å². The van der Waals surface area contributed by atoms with Gasteiger partial charge in [0.25, 0.3) is 5.56 Å².